The van der Waals surface area contributed by atoms with Crippen LogP contribution in [0.3, 0.4) is 0 Å². The van der Waals surface area contributed by atoms with Crippen LogP contribution in [0, 0.1) is 13.8 Å². The third-order valence-electron chi connectivity index (χ3n) is 4.60. The lowest BCUT2D eigenvalue weighted by atomic mass is 10.1. The minimum atomic E-state index is -3.73. The Morgan fingerprint density at radius 2 is 1.61 bits per heavy atom. The Bertz CT molecular complexity index is 939. The summed E-state index contributed by atoms with van der Waals surface area (Å²) in [6.45, 7) is 7.29. The first-order valence-electron chi connectivity index (χ1n) is 9.05. The van der Waals surface area contributed by atoms with Crippen LogP contribution in [0.2, 0.25) is 0 Å². The lowest BCUT2D eigenvalue weighted by Crippen LogP contribution is -2.48. The fourth-order valence-electron chi connectivity index (χ4n) is 3.03. The van der Waals surface area contributed by atoms with Gasteiger partial charge >= 0.3 is 0 Å². The molecular weight excluding hydrogens is 376 g/mol. The topological polar surface area (TPSA) is 75.7 Å². The Morgan fingerprint density at radius 3 is 2.14 bits per heavy atom. The summed E-state index contributed by atoms with van der Waals surface area (Å²) in [4.78, 5) is 12.9. The van der Waals surface area contributed by atoms with Gasteiger partial charge in [0.1, 0.15) is 11.8 Å². The van der Waals surface area contributed by atoms with Crippen LogP contribution >= 0.6 is 0 Å². The highest BCUT2D eigenvalue weighted by atomic mass is 32.2. The highest BCUT2D eigenvalue weighted by molar-refractivity contribution is 7.92. The molecule has 0 aliphatic heterocycles. The molecular formula is C21H28N2O4S. The van der Waals surface area contributed by atoms with Crippen LogP contribution in [0.25, 0.3) is 0 Å². The van der Waals surface area contributed by atoms with Crippen molar-refractivity contribution < 1.29 is 17.9 Å². The van der Waals surface area contributed by atoms with E-state index < -0.39 is 16.1 Å². The summed E-state index contributed by atoms with van der Waals surface area (Å²) in [5.74, 6) is 0.00400. The van der Waals surface area contributed by atoms with E-state index in [0.717, 1.165) is 27.3 Å². The van der Waals surface area contributed by atoms with E-state index >= 15 is 0 Å². The number of hydrogen-bond donors (Lipinski definition) is 1. The van der Waals surface area contributed by atoms with Gasteiger partial charge in [-0.1, -0.05) is 35.9 Å². The number of ether oxygens (including phenoxy) is 1. The Labute approximate surface area is 167 Å². The molecule has 28 heavy (non-hydrogen) atoms. The van der Waals surface area contributed by atoms with Crippen molar-refractivity contribution in [1.29, 1.82) is 0 Å². The number of aryl methyl sites for hydroxylation is 2. The maximum absolute atomic E-state index is 12.9. The van der Waals surface area contributed by atoms with Crippen molar-refractivity contribution in [3.05, 3.63) is 59.2 Å². The molecule has 2 aromatic carbocycles. The number of hydrogen-bond acceptors (Lipinski definition) is 4. The standard InChI is InChI=1S/C21H28N2O4S/c1-14-7-10-18(11-8-14)16(3)22-21(24)17(4)23(28(6,25)26)19-13-15(2)9-12-20(19)27-5/h7-13,16-17H,1-6H3,(H,22,24)/t16-,17+/m0/s1. The second-order valence-electron chi connectivity index (χ2n) is 7.05. The Hall–Kier alpha value is -2.54. The highest BCUT2D eigenvalue weighted by Crippen LogP contribution is 2.32. The Balaban J connectivity index is 2.33. The molecule has 2 aromatic rings. The molecule has 6 nitrogen and oxygen atoms in total. The second kappa shape index (κ2) is 8.65. The zero-order chi connectivity index (χ0) is 21.1. The monoisotopic (exact) mass is 404 g/mol. The van der Waals surface area contributed by atoms with Crippen molar-refractivity contribution in [1.82, 2.24) is 5.32 Å². The highest BCUT2D eigenvalue weighted by Gasteiger charge is 2.32. The second-order valence-corrected chi connectivity index (χ2v) is 8.91. The fourth-order valence-corrected chi connectivity index (χ4v) is 4.20. The number of anilines is 1. The number of carbonyl (C=O) groups is 1. The normalized spacial score (nSPS) is 13.5. The molecule has 1 amide bonds. The van der Waals surface area contributed by atoms with Gasteiger partial charge in [-0.25, -0.2) is 8.42 Å². The third kappa shape index (κ3) is 5.04. The number of amides is 1. The predicted octanol–water partition coefficient (Wildman–Crippen LogP) is 3.34. The number of carbonyl (C=O) groups excluding carboxylic acids is 1. The van der Waals surface area contributed by atoms with Crippen LogP contribution in [0.1, 0.15) is 36.6 Å². The SMILES string of the molecule is COc1ccc(C)cc1N([C@H](C)C(=O)N[C@@H](C)c1ccc(C)cc1)S(C)(=O)=O. The van der Waals surface area contributed by atoms with Crippen molar-refractivity contribution in [2.24, 2.45) is 0 Å². The summed E-state index contributed by atoms with van der Waals surface area (Å²) in [5, 5.41) is 2.90. The average molecular weight is 405 g/mol. The summed E-state index contributed by atoms with van der Waals surface area (Å²) < 4.78 is 31.5. The van der Waals surface area contributed by atoms with E-state index in [4.69, 9.17) is 4.74 Å². The van der Waals surface area contributed by atoms with Gasteiger partial charge in [-0.15, -0.1) is 0 Å². The molecule has 1 N–H and O–H groups in total. The molecule has 0 aliphatic carbocycles. The minimum absolute atomic E-state index is 0.253. The van der Waals surface area contributed by atoms with E-state index in [1.807, 2.05) is 51.1 Å². The molecule has 0 fully saturated rings. The quantitative estimate of drug-likeness (QED) is 0.768. The molecule has 0 bridgehead atoms. The van der Waals surface area contributed by atoms with Gasteiger partial charge in [-0.05, 0) is 51.0 Å². The molecule has 0 unspecified atom stereocenters. The van der Waals surface area contributed by atoms with E-state index in [1.165, 1.54) is 7.11 Å². The van der Waals surface area contributed by atoms with Crippen LogP contribution in [-0.4, -0.2) is 33.7 Å². The lowest BCUT2D eigenvalue weighted by molar-refractivity contribution is -0.122. The van der Waals surface area contributed by atoms with Gasteiger partial charge in [-0.2, -0.15) is 0 Å². The number of methoxy groups -OCH3 is 1. The first-order chi connectivity index (χ1) is 13.0. The zero-order valence-electron chi connectivity index (χ0n) is 17.2. The molecule has 0 saturated carbocycles. The third-order valence-corrected chi connectivity index (χ3v) is 5.82. The molecule has 0 aromatic heterocycles. The van der Waals surface area contributed by atoms with Crippen LogP contribution in [0.5, 0.6) is 5.75 Å². The molecule has 7 heteroatoms. The molecule has 0 spiro atoms. The van der Waals surface area contributed by atoms with Gasteiger partial charge in [0.05, 0.1) is 25.1 Å². The number of nitrogens with zero attached hydrogens (tertiary/aromatic N) is 1. The maximum atomic E-state index is 12.9. The summed E-state index contributed by atoms with van der Waals surface area (Å²) in [7, 11) is -2.25. The summed E-state index contributed by atoms with van der Waals surface area (Å²) in [6, 6.07) is 11.9. The number of nitrogens with one attached hydrogen (secondary N) is 1. The first-order valence-corrected chi connectivity index (χ1v) is 10.9. The molecule has 2 rings (SSSR count). The van der Waals surface area contributed by atoms with Crippen molar-refractivity contribution >= 4 is 21.6 Å². The van der Waals surface area contributed by atoms with Crippen molar-refractivity contribution in [2.45, 2.75) is 39.8 Å². The van der Waals surface area contributed by atoms with E-state index in [0.29, 0.717) is 11.4 Å². The molecule has 152 valence electrons. The van der Waals surface area contributed by atoms with Crippen LogP contribution in [0.4, 0.5) is 5.69 Å². The number of benzene rings is 2. The lowest BCUT2D eigenvalue weighted by Gasteiger charge is -2.30. The van der Waals surface area contributed by atoms with Crippen molar-refractivity contribution in [3.63, 3.8) is 0 Å². The van der Waals surface area contributed by atoms with Crippen LogP contribution in [-0.2, 0) is 14.8 Å². The minimum Gasteiger partial charge on any atom is -0.495 e. The van der Waals surface area contributed by atoms with Crippen molar-refractivity contribution in [3.8, 4) is 5.75 Å². The zero-order valence-corrected chi connectivity index (χ0v) is 18.0. The van der Waals surface area contributed by atoms with Gasteiger partial charge in [-0.3, -0.25) is 9.10 Å². The number of rotatable bonds is 7. The van der Waals surface area contributed by atoms with E-state index in [1.54, 1.807) is 19.1 Å². The fraction of sp³-hybridized carbons (Fsp3) is 0.381. The Kier molecular flexibility index (Phi) is 6.72. The molecule has 2 atom stereocenters. The first kappa shape index (κ1) is 21.8. The van der Waals surface area contributed by atoms with Gasteiger partial charge in [0, 0.05) is 0 Å². The van der Waals surface area contributed by atoms with Crippen LogP contribution in [0.15, 0.2) is 42.5 Å². The molecule has 0 aliphatic rings. The van der Waals surface area contributed by atoms with Gasteiger partial charge < -0.3 is 10.1 Å². The van der Waals surface area contributed by atoms with E-state index in [-0.39, 0.29) is 11.9 Å². The maximum Gasteiger partial charge on any atom is 0.244 e. The molecule has 0 radical (unpaired) electrons. The van der Waals surface area contributed by atoms with Gasteiger partial charge in [0.25, 0.3) is 0 Å². The van der Waals surface area contributed by atoms with Gasteiger partial charge in [0.15, 0.2) is 0 Å². The Morgan fingerprint density at radius 1 is 1.04 bits per heavy atom. The van der Waals surface area contributed by atoms with E-state index in [9.17, 15) is 13.2 Å². The smallest absolute Gasteiger partial charge is 0.244 e. The summed E-state index contributed by atoms with van der Waals surface area (Å²) >= 11 is 0. The summed E-state index contributed by atoms with van der Waals surface area (Å²) in [5.41, 5.74) is 3.29. The average Bonchev–Trinajstić information content (AvgIpc) is 2.61. The summed E-state index contributed by atoms with van der Waals surface area (Å²) in [6.07, 6.45) is 1.09. The van der Waals surface area contributed by atoms with E-state index in [2.05, 4.69) is 5.32 Å². The number of sulfonamides is 1. The molecule has 0 heterocycles. The van der Waals surface area contributed by atoms with Crippen molar-refractivity contribution in [2.75, 3.05) is 17.7 Å². The largest absolute Gasteiger partial charge is 0.495 e. The molecule has 0 saturated heterocycles. The van der Waals surface area contributed by atoms with Crippen LogP contribution < -0.4 is 14.4 Å². The van der Waals surface area contributed by atoms with Gasteiger partial charge in [0.2, 0.25) is 15.9 Å². The predicted molar refractivity (Wildman–Crippen MR) is 112 cm³/mol.